The minimum absolute atomic E-state index is 0.0520. The average Bonchev–Trinajstić information content (AvgIpc) is 3.51. The van der Waals surface area contributed by atoms with Crippen LogP contribution in [0.5, 0.6) is 11.5 Å². The van der Waals surface area contributed by atoms with Crippen molar-refractivity contribution in [1.82, 2.24) is 0 Å². The predicted molar refractivity (Wildman–Crippen MR) is 105 cm³/mol. The van der Waals surface area contributed by atoms with E-state index in [0.29, 0.717) is 16.7 Å². The molecule has 0 N–H and O–H groups in total. The normalized spacial score (nSPS) is 14.0. The molecule has 0 aromatic heterocycles. The van der Waals surface area contributed by atoms with Gasteiger partial charge in [0.1, 0.15) is 18.1 Å². The molecule has 0 heterocycles. The van der Waals surface area contributed by atoms with Crippen molar-refractivity contribution in [2.75, 3.05) is 0 Å². The van der Waals surface area contributed by atoms with E-state index in [-0.39, 0.29) is 24.3 Å². The van der Waals surface area contributed by atoms with Gasteiger partial charge in [-0.3, -0.25) is 4.79 Å². The summed E-state index contributed by atoms with van der Waals surface area (Å²) >= 11 is 6.30. The monoisotopic (exact) mass is 426 g/mol. The Morgan fingerprint density at radius 1 is 1.17 bits per heavy atom. The van der Waals surface area contributed by atoms with Crippen molar-refractivity contribution >= 4 is 17.6 Å². The molecule has 3 nitrogen and oxygen atoms in total. The van der Waals surface area contributed by atoms with Crippen LogP contribution in [-0.2, 0) is 24.0 Å². The fourth-order valence-corrected chi connectivity index (χ4v) is 3.44. The molecule has 0 radical (unpaired) electrons. The zero-order valence-electron chi connectivity index (χ0n) is 16.2. The molecule has 7 heteroatoms. The summed E-state index contributed by atoms with van der Waals surface area (Å²) in [7, 11) is 0. The average molecular weight is 427 g/mol. The van der Waals surface area contributed by atoms with Crippen molar-refractivity contribution in [1.29, 1.82) is 0 Å². The van der Waals surface area contributed by atoms with Gasteiger partial charge in [0.25, 0.3) is 0 Å². The highest BCUT2D eigenvalue weighted by atomic mass is 35.5. The quantitative estimate of drug-likeness (QED) is 0.365. The van der Waals surface area contributed by atoms with Gasteiger partial charge in [-0.2, -0.15) is 13.2 Å². The second kappa shape index (κ2) is 8.66. The fourth-order valence-electron chi connectivity index (χ4n) is 3.15. The Kier molecular flexibility index (Phi) is 6.42. The lowest BCUT2D eigenvalue weighted by atomic mass is 10.0. The largest absolute Gasteiger partial charge is 0.488 e. The van der Waals surface area contributed by atoms with Crippen LogP contribution in [0.15, 0.2) is 30.3 Å². The SMILES string of the molecule is CCC(=O)Oc1cccc(C(F)(F)F)c1COc1cc(Cl)c(CC)cc1C1CC1. The maximum Gasteiger partial charge on any atom is 0.416 e. The van der Waals surface area contributed by atoms with Crippen molar-refractivity contribution in [2.24, 2.45) is 0 Å². The Labute approximate surface area is 172 Å². The van der Waals surface area contributed by atoms with Crippen LogP contribution in [0.25, 0.3) is 0 Å². The van der Waals surface area contributed by atoms with E-state index in [4.69, 9.17) is 21.1 Å². The number of alkyl halides is 3. The van der Waals surface area contributed by atoms with Crippen molar-refractivity contribution in [2.45, 2.75) is 58.2 Å². The standard InChI is InChI=1S/C22H22ClF3O3/c1-3-13-10-15(14-8-9-14)20(11-18(13)23)28-12-16-17(22(24,25)26)6-5-7-19(16)29-21(27)4-2/h5-7,10-11,14H,3-4,8-9,12H2,1-2H3. The van der Waals surface area contributed by atoms with Gasteiger partial charge < -0.3 is 9.47 Å². The molecule has 1 saturated carbocycles. The fraction of sp³-hybridized carbons (Fsp3) is 0.409. The van der Waals surface area contributed by atoms with Crippen LogP contribution in [0.1, 0.15) is 61.3 Å². The van der Waals surface area contributed by atoms with E-state index < -0.39 is 17.7 Å². The number of aryl methyl sites for hydroxylation is 1. The molecule has 3 rings (SSSR count). The highest BCUT2D eigenvalue weighted by molar-refractivity contribution is 6.31. The number of rotatable bonds is 7. The van der Waals surface area contributed by atoms with Crippen molar-refractivity contribution < 1.29 is 27.4 Å². The summed E-state index contributed by atoms with van der Waals surface area (Å²) in [6, 6.07) is 7.16. The molecule has 0 unspecified atom stereocenters. The van der Waals surface area contributed by atoms with E-state index in [1.54, 1.807) is 13.0 Å². The number of ether oxygens (including phenoxy) is 2. The van der Waals surface area contributed by atoms with Crippen LogP contribution in [0.3, 0.4) is 0 Å². The molecule has 0 bridgehead atoms. The van der Waals surface area contributed by atoms with Gasteiger partial charge in [0, 0.05) is 17.0 Å². The molecule has 1 aliphatic carbocycles. The number of esters is 1. The van der Waals surface area contributed by atoms with Gasteiger partial charge in [0.15, 0.2) is 0 Å². The first-order valence-electron chi connectivity index (χ1n) is 9.59. The summed E-state index contributed by atoms with van der Waals surface area (Å²) in [4.78, 5) is 11.7. The number of hydrogen-bond acceptors (Lipinski definition) is 3. The van der Waals surface area contributed by atoms with E-state index in [9.17, 15) is 18.0 Å². The lowest BCUT2D eigenvalue weighted by molar-refractivity contribution is -0.140. The smallest absolute Gasteiger partial charge is 0.416 e. The van der Waals surface area contributed by atoms with Gasteiger partial charge in [-0.25, -0.2) is 0 Å². The molecule has 156 valence electrons. The Hall–Kier alpha value is -2.21. The lowest BCUT2D eigenvalue weighted by Gasteiger charge is -2.19. The molecule has 2 aromatic carbocycles. The molecule has 0 atom stereocenters. The summed E-state index contributed by atoms with van der Waals surface area (Å²) in [5, 5.41) is 0.522. The van der Waals surface area contributed by atoms with E-state index >= 15 is 0 Å². The highest BCUT2D eigenvalue weighted by Gasteiger charge is 2.35. The third-order valence-electron chi connectivity index (χ3n) is 4.90. The molecular formula is C22H22ClF3O3. The maximum absolute atomic E-state index is 13.5. The van der Waals surface area contributed by atoms with E-state index in [1.165, 1.54) is 12.1 Å². The molecule has 1 aliphatic rings. The number of carbonyl (C=O) groups excluding carboxylic acids is 1. The van der Waals surface area contributed by atoms with Crippen molar-refractivity contribution in [3.05, 3.63) is 57.6 Å². The topological polar surface area (TPSA) is 35.5 Å². The molecule has 0 saturated heterocycles. The minimum atomic E-state index is -4.60. The first kappa shape index (κ1) is 21.5. The molecule has 0 spiro atoms. The van der Waals surface area contributed by atoms with Crippen molar-refractivity contribution in [3.63, 3.8) is 0 Å². The van der Waals surface area contributed by atoms with Gasteiger partial charge >= 0.3 is 12.1 Å². The van der Waals surface area contributed by atoms with Crippen LogP contribution < -0.4 is 9.47 Å². The number of benzene rings is 2. The summed E-state index contributed by atoms with van der Waals surface area (Å²) < 4.78 is 51.6. The van der Waals surface area contributed by atoms with Crippen LogP contribution in [0.2, 0.25) is 5.02 Å². The van der Waals surface area contributed by atoms with E-state index in [1.807, 2.05) is 13.0 Å². The molecule has 29 heavy (non-hydrogen) atoms. The van der Waals surface area contributed by atoms with Crippen LogP contribution in [0, 0.1) is 0 Å². The summed E-state index contributed by atoms with van der Waals surface area (Å²) in [6.07, 6.45) is -1.76. The molecule has 0 aliphatic heterocycles. The van der Waals surface area contributed by atoms with Gasteiger partial charge in [0.2, 0.25) is 0 Å². The first-order valence-corrected chi connectivity index (χ1v) is 9.97. The zero-order valence-corrected chi connectivity index (χ0v) is 17.0. The van der Waals surface area contributed by atoms with Gasteiger partial charge in [0.05, 0.1) is 5.56 Å². The second-order valence-electron chi connectivity index (χ2n) is 7.01. The summed E-state index contributed by atoms with van der Waals surface area (Å²) in [5.74, 6) is 0.0535. The summed E-state index contributed by atoms with van der Waals surface area (Å²) in [5.41, 5.74) is 0.847. The lowest BCUT2D eigenvalue weighted by Crippen LogP contribution is -2.15. The third-order valence-corrected chi connectivity index (χ3v) is 5.25. The number of halogens is 4. The predicted octanol–water partition coefficient (Wildman–Crippen LogP) is 6.69. The summed E-state index contributed by atoms with van der Waals surface area (Å²) in [6.45, 7) is 3.18. The molecule has 1 fully saturated rings. The molecule has 2 aromatic rings. The number of carbonyl (C=O) groups is 1. The Morgan fingerprint density at radius 2 is 1.90 bits per heavy atom. The van der Waals surface area contributed by atoms with Crippen molar-refractivity contribution in [3.8, 4) is 11.5 Å². The van der Waals surface area contributed by atoms with E-state index in [2.05, 4.69) is 0 Å². The Bertz CT molecular complexity index is 905. The first-order chi connectivity index (χ1) is 13.7. The zero-order chi connectivity index (χ0) is 21.2. The van der Waals surface area contributed by atoms with Gasteiger partial charge in [-0.15, -0.1) is 0 Å². The minimum Gasteiger partial charge on any atom is -0.488 e. The number of hydrogen-bond donors (Lipinski definition) is 0. The molecule has 0 amide bonds. The van der Waals surface area contributed by atoms with Crippen LogP contribution in [0.4, 0.5) is 13.2 Å². The third kappa shape index (κ3) is 5.04. The molecular weight excluding hydrogens is 405 g/mol. The van der Waals surface area contributed by atoms with Crippen LogP contribution >= 0.6 is 11.6 Å². The second-order valence-corrected chi connectivity index (χ2v) is 7.41. The Morgan fingerprint density at radius 3 is 2.48 bits per heavy atom. The van der Waals surface area contributed by atoms with E-state index in [0.717, 1.165) is 36.5 Å². The van der Waals surface area contributed by atoms with Crippen LogP contribution in [-0.4, -0.2) is 5.97 Å². The Balaban J connectivity index is 1.96. The van der Waals surface area contributed by atoms with Gasteiger partial charge in [-0.05, 0) is 54.5 Å². The maximum atomic E-state index is 13.5. The van der Waals surface area contributed by atoms with Gasteiger partial charge in [-0.1, -0.05) is 37.6 Å². The highest BCUT2D eigenvalue weighted by Crippen LogP contribution is 2.46.